The third kappa shape index (κ3) is 4.55. The Morgan fingerprint density at radius 3 is 2.72 bits per heavy atom. The highest BCUT2D eigenvalue weighted by Gasteiger charge is 2.23. The lowest BCUT2D eigenvalue weighted by atomic mass is 10.1. The Kier molecular flexibility index (Phi) is 5.41. The Morgan fingerprint density at radius 1 is 1.28 bits per heavy atom. The molecule has 2 fully saturated rings. The van der Waals surface area contributed by atoms with Crippen molar-refractivity contribution in [3.8, 4) is 0 Å². The summed E-state index contributed by atoms with van der Waals surface area (Å²) < 4.78 is 5.58. The first-order chi connectivity index (χ1) is 8.74. The van der Waals surface area contributed by atoms with Crippen molar-refractivity contribution in [1.82, 2.24) is 10.6 Å². The summed E-state index contributed by atoms with van der Waals surface area (Å²) in [5, 5.41) is 15.6. The minimum absolute atomic E-state index is 0.0325. The highest BCUT2D eigenvalue weighted by atomic mass is 16.5. The molecule has 1 heterocycles. The van der Waals surface area contributed by atoms with E-state index in [4.69, 9.17) is 4.74 Å². The number of hydrogen-bond acceptors (Lipinski definition) is 4. The van der Waals surface area contributed by atoms with E-state index in [0.29, 0.717) is 12.5 Å². The second kappa shape index (κ2) is 7.07. The number of nitrogens with one attached hydrogen (secondary N) is 2. The molecule has 1 saturated heterocycles. The number of piperidine rings is 1. The maximum Gasteiger partial charge on any atom is 0.246 e. The number of hydrogen-bond donors (Lipinski definition) is 3. The summed E-state index contributed by atoms with van der Waals surface area (Å²) in [6.45, 7) is 2.80. The number of amides is 1. The van der Waals surface area contributed by atoms with E-state index in [-0.39, 0.29) is 24.7 Å². The van der Waals surface area contributed by atoms with Crippen LogP contribution >= 0.6 is 0 Å². The van der Waals surface area contributed by atoms with Crippen molar-refractivity contribution in [3.05, 3.63) is 0 Å². The van der Waals surface area contributed by atoms with Gasteiger partial charge in [-0.25, -0.2) is 0 Å². The zero-order valence-electron chi connectivity index (χ0n) is 10.9. The van der Waals surface area contributed by atoms with Crippen molar-refractivity contribution < 1.29 is 14.6 Å². The molecule has 1 saturated carbocycles. The van der Waals surface area contributed by atoms with Crippen LogP contribution in [-0.2, 0) is 9.53 Å². The first-order valence-corrected chi connectivity index (χ1v) is 7.01. The molecule has 0 radical (unpaired) electrons. The molecule has 18 heavy (non-hydrogen) atoms. The number of carbonyl (C=O) groups excluding carboxylic acids is 1. The first-order valence-electron chi connectivity index (χ1n) is 7.01. The van der Waals surface area contributed by atoms with Crippen LogP contribution in [0.5, 0.6) is 0 Å². The summed E-state index contributed by atoms with van der Waals surface area (Å²) in [5.41, 5.74) is 0. The molecule has 2 rings (SSSR count). The maximum absolute atomic E-state index is 11.6. The van der Waals surface area contributed by atoms with Gasteiger partial charge in [0.05, 0.1) is 12.2 Å². The van der Waals surface area contributed by atoms with Crippen LogP contribution in [0, 0.1) is 5.92 Å². The Hall–Kier alpha value is -0.650. The summed E-state index contributed by atoms with van der Waals surface area (Å²) in [6, 6.07) is 0. The van der Waals surface area contributed by atoms with Gasteiger partial charge in [0.2, 0.25) is 5.91 Å². The van der Waals surface area contributed by atoms with Gasteiger partial charge in [-0.15, -0.1) is 0 Å². The van der Waals surface area contributed by atoms with E-state index in [1.54, 1.807) is 0 Å². The molecule has 0 spiro atoms. The van der Waals surface area contributed by atoms with Gasteiger partial charge in [0.15, 0.2) is 0 Å². The molecule has 104 valence electrons. The molecule has 0 aromatic carbocycles. The Labute approximate surface area is 108 Å². The van der Waals surface area contributed by atoms with Crippen LogP contribution in [0.2, 0.25) is 0 Å². The van der Waals surface area contributed by atoms with Gasteiger partial charge < -0.3 is 20.5 Å². The average Bonchev–Trinajstić information content (AvgIpc) is 2.81. The number of aliphatic hydroxyl groups excluding tert-OH is 1. The molecule has 1 aliphatic carbocycles. The average molecular weight is 256 g/mol. The normalized spacial score (nSPS) is 29.4. The van der Waals surface area contributed by atoms with E-state index in [9.17, 15) is 9.90 Å². The van der Waals surface area contributed by atoms with Crippen molar-refractivity contribution >= 4 is 5.91 Å². The Bertz CT molecular complexity index is 256. The second-order valence-electron chi connectivity index (χ2n) is 5.40. The molecule has 0 aromatic heterocycles. The van der Waals surface area contributed by atoms with Crippen molar-refractivity contribution in [2.75, 3.05) is 26.2 Å². The van der Waals surface area contributed by atoms with Gasteiger partial charge in [0, 0.05) is 6.54 Å². The maximum atomic E-state index is 11.6. The minimum atomic E-state index is -0.169. The summed E-state index contributed by atoms with van der Waals surface area (Å²) in [6.07, 6.45) is 4.73. The van der Waals surface area contributed by atoms with E-state index in [0.717, 1.165) is 45.2 Å². The first kappa shape index (κ1) is 13.8. The Balaban J connectivity index is 1.54. The lowest BCUT2D eigenvalue weighted by molar-refractivity contribution is -0.128. The molecule has 2 unspecified atom stereocenters. The fraction of sp³-hybridized carbons (Fsp3) is 0.923. The smallest absolute Gasteiger partial charge is 0.246 e. The molecular weight excluding hydrogens is 232 g/mol. The van der Waals surface area contributed by atoms with Gasteiger partial charge in [-0.3, -0.25) is 4.79 Å². The largest absolute Gasteiger partial charge is 0.393 e. The highest BCUT2D eigenvalue weighted by molar-refractivity contribution is 5.77. The summed E-state index contributed by atoms with van der Waals surface area (Å²) in [4.78, 5) is 11.6. The van der Waals surface area contributed by atoms with Crippen LogP contribution in [0.25, 0.3) is 0 Å². The van der Waals surface area contributed by atoms with Gasteiger partial charge in [-0.05, 0) is 51.1 Å². The highest BCUT2D eigenvalue weighted by Crippen LogP contribution is 2.24. The SMILES string of the molecule is O=C(COC1CCNCC1)NCC1CCC(O)C1. The number of ether oxygens (including phenoxy) is 1. The third-order valence-electron chi connectivity index (χ3n) is 3.84. The number of rotatable bonds is 5. The predicted molar refractivity (Wildman–Crippen MR) is 68.2 cm³/mol. The lowest BCUT2D eigenvalue weighted by Crippen LogP contribution is -2.36. The standard InChI is InChI=1S/C13H24N2O3/c16-11-2-1-10(7-11)8-15-13(17)9-18-12-3-5-14-6-4-12/h10-12,14,16H,1-9H2,(H,15,17). The molecule has 2 aliphatic rings. The third-order valence-corrected chi connectivity index (χ3v) is 3.84. The molecule has 1 amide bonds. The van der Waals surface area contributed by atoms with Gasteiger partial charge in [-0.2, -0.15) is 0 Å². The van der Waals surface area contributed by atoms with Gasteiger partial charge in [0.25, 0.3) is 0 Å². The molecule has 1 aliphatic heterocycles. The van der Waals surface area contributed by atoms with Crippen LogP contribution in [0.1, 0.15) is 32.1 Å². The van der Waals surface area contributed by atoms with E-state index in [2.05, 4.69) is 10.6 Å². The fourth-order valence-corrected chi connectivity index (χ4v) is 2.70. The molecular formula is C13H24N2O3. The molecule has 2 atom stereocenters. The summed E-state index contributed by atoms with van der Waals surface area (Å²) >= 11 is 0. The summed E-state index contributed by atoms with van der Waals surface area (Å²) in [5.74, 6) is 0.401. The van der Waals surface area contributed by atoms with Crippen molar-refractivity contribution in [3.63, 3.8) is 0 Å². The quantitative estimate of drug-likeness (QED) is 0.649. The van der Waals surface area contributed by atoms with Crippen molar-refractivity contribution in [2.24, 2.45) is 5.92 Å². The van der Waals surface area contributed by atoms with Crippen LogP contribution in [0.4, 0.5) is 0 Å². The van der Waals surface area contributed by atoms with E-state index < -0.39 is 0 Å². The number of aliphatic hydroxyl groups is 1. The predicted octanol–water partition coefficient (Wildman–Crippen LogP) is 0.0322. The zero-order chi connectivity index (χ0) is 12.8. The van der Waals surface area contributed by atoms with Crippen molar-refractivity contribution in [2.45, 2.75) is 44.3 Å². The van der Waals surface area contributed by atoms with Gasteiger partial charge in [-0.1, -0.05) is 0 Å². The van der Waals surface area contributed by atoms with Crippen LogP contribution < -0.4 is 10.6 Å². The summed E-state index contributed by atoms with van der Waals surface area (Å²) in [7, 11) is 0. The number of carbonyl (C=O) groups is 1. The van der Waals surface area contributed by atoms with Gasteiger partial charge in [0.1, 0.15) is 6.61 Å². The Morgan fingerprint density at radius 2 is 2.06 bits per heavy atom. The second-order valence-corrected chi connectivity index (χ2v) is 5.40. The monoisotopic (exact) mass is 256 g/mol. The van der Waals surface area contributed by atoms with Gasteiger partial charge >= 0.3 is 0 Å². The topological polar surface area (TPSA) is 70.6 Å². The lowest BCUT2D eigenvalue weighted by Gasteiger charge is -2.22. The van der Waals surface area contributed by atoms with Crippen LogP contribution in [-0.4, -0.2) is 49.5 Å². The van der Waals surface area contributed by atoms with Crippen LogP contribution in [0.15, 0.2) is 0 Å². The minimum Gasteiger partial charge on any atom is -0.393 e. The van der Waals surface area contributed by atoms with Crippen LogP contribution in [0.3, 0.4) is 0 Å². The molecule has 0 bridgehead atoms. The van der Waals surface area contributed by atoms with E-state index in [1.165, 1.54) is 0 Å². The molecule has 0 aromatic rings. The molecule has 5 heteroatoms. The molecule has 5 nitrogen and oxygen atoms in total. The van der Waals surface area contributed by atoms with E-state index >= 15 is 0 Å². The van der Waals surface area contributed by atoms with Crippen molar-refractivity contribution in [1.29, 1.82) is 0 Å². The molecule has 3 N–H and O–H groups in total. The fourth-order valence-electron chi connectivity index (χ4n) is 2.70. The van der Waals surface area contributed by atoms with E-state index in [1.807, 2.05) is 0 Å². The zero-order valence-corrected chi connectivity index (χ0v) is 10.9.